The van der Waals surface area contributed by atoms with E-state index in [4.69, 9.17) is 0 Å². The number of carbonyl (C=O) groups excluding carboxylic acids is 1. The molecule has 2 N–H and O–H groups in total. The Kier molecular flexibility index (Phi) is 3.80. The van der Waals surface area contributed by atoms with E-state index in [1.807, 2.05) is 6.92 Å². The third kappa shape index (κ3) is 3.07. The molecular formula is C13H15F3N2O. The van der Waals surface area contributed by atoms with Gasteiger partial charge < -0.3 is 10.6 Å². The van der Waals surface area contributed by atoms with Gasteiger partial charge >= 0.3 is 0 Å². The Morgan fingerprint density at radius 2 is 1.74 bits per heavy atom. The predicted octanol–water partition coefficient (Wildman–Crippen LogP) is 1.98. The minimum absolute atomic E-state index is 0.503. The van der Waals surface area contributed by atoms with E-state index in [9.17, 15) is 18.0 Å². The molecule has 0 aromatic heterocycles. The first-order valence-corrected chi connectivity index (χ1v) is 6.09. The lowest BCUT2D eigenvalue weighted by Crippen LogP contribution is -2.52. The van der Waals surface area contributed by atoms with Crippen molar-refractivity contribution in [1.29, 1.82) is 0 Å². The van der Waals surface area contributed by atoms with Crippen LogP contribution in [0.3, 0.4) is 0 Å². The number of benzene rings is 1. The molecule has 0 atom stereocenters. The predicted molar refractivity (Wildman–Crippen MR) is 64.3 cm³/mol. The molecule has 2 rings (SSSR count). The van der Waals surface area contributed by atoms with Crippen LogP contribution < -0.4 is 10.6 Å². The van der Waals surface area contributed by atoms with Crippen LogP contribution in [-0.4, -0.2) is 24.5 Å². The highest BCUT2D eigenvalue weighted by atomic mass is 19.1. The van der Waals surface area contributed by atoms with E-state index in [0.29, 0.717) is 25.0 Å². The topological polar surface area (TPSA) is 41.1 Å². The maximum absolute atomic E-state index is 13.5. The van der Waals surface area contributed by atoms with Gasteiger partial charge in [0, 0.05) is 17.7 Å². The van der Waals surface area contributed by atoms with Crippen LogP contribution in [0.4, 0.5) is 13.2 Å². The van der Waals surface area contributed by atoms with E-state index in [1.165, 1.54) is 0 Å². The third-order valence-corrected chi connectivity index (χ3v) is 3.36. The van der Waals surface area contributed by atoms with Crippen LogP contribution >= 0.6 is 0 Å². The van der Waals surface area contributed by atoms with Crippen LogP contribution in [0.15, 0.2) is 12.1 Å². The standard InChI is InChI=1S/C13H15F3N2O/c1-13(2-4-17-5-3-13)18-12(19)11-9(15)6-8(14)7-10(11)16/h6-7,17H,2-5H2,1H3,(H,18,19). The minimum atomic E-state index is -1.19. The SMILES string of the molecule is CC1(NC(=O)c2c(F)cc(F)cc2F)CCNCC1. The fourth-order valence-corrected chi connectivity index (χ4v) is 2.20. The zero-order valence-corrected chi connectivity index (χ0v) is 10.5. The van der Waals surface area contributed by atoms with Crippen molar-refractivity contribution in [3.05, 3.63) is 35.1 Å². The fourth-order valence-electron chi connectivity index (χ4n) is 2.20. The van der Waals surface area contributed by atoms with Crippen molar-refractivity contribution in [3.63, 3.8) is 0 Å². The van der Waals surface area contributed by atoms with Crippen molar-refractivity contribution in [3.8, 4) is 0 Å². The van der Waals surface area contributed by atoms with Gasteiger partial charge in [-0.05, 0) is 32.9 Å². The summed E-state index contributed by atoms with van der Waals surface area (Å²) >= 11 is 0. The van der Waals surface area contributed by atoms with Crippen LogP contribution in [0.25, 0.3) is 0 Å². The number of piperidine rings is 1. The highest BCUT2D eigenvalue weighted by Gasteiger charge is 2.30. The molecule has 1 heterocycles. The van der Waals surface area contributed by atoms with Gasteiger partial charge in [-0.25, -0.2) is 13.2 Å². The van der Waals surface area contributed by atoms with Crippen LogP contribution in [-0.2, 0) is 0 Å². The molecule has 0 bridgehead atoms. The summed E-state index contributed by atoms with van der Waals surface area (Å²) in [6.07, 6.45) is 1.34. The second kappa shape index (κ2) is 5.21. The summed E-state index contributed by atoms with van der Waals surface area (Å²) in [5, 5.41) is 5.77. The van der Waals surface area contributed by atoms with E-state index in [-0.39, 0.29) is 0 Å². The van der Waals surface area contributed by atoms with Gasteiger partial charge in [-0.2, -0.15) is 0 Å². The van der Waals surface area contributed by atoms with Crippen molar-refractivity contribution < 1.29 is 18.0 Å². The summed E-state index contributed by atoms with van der Waals surface area (Å²) in [7, 11) is 0. The average molecular weight is 272 g/mol. The smallest absolute Gasteiger partial charge is 0.257 e. The quantitative estimate of drug-likeness (QED) is 0.864. The Labute approximate surface area is 109 Å². The normalized spacial score (nSPS) is 18.1. The Hall–Kier alpha value is -1.56. The molecule has 1 fully saturated rings. The molecular weight excluding hydrogens is 257 g/mol. The van der Waals surface area contributed by atoms with E-state index in [1.54, 1.807) is 0 Å². The number of hydrogen-bond donors (Lipinski definition) is 2. The lowest BCUT2D eigenvalue weighted by molar-refractivity contribution is 0.0878. The zero-order chi connectivity index (χ0) is 14.0. The first-order valence-electron chi connectivity index (χ1n) is 6.09. The highest BCUT2D eigenvalue weighted by Crippen LogP contribution is 2.20. The molecule has 1 aromatic carbocycles. The molecule has 104 valence electrons. The van der Waals surface area contributed by atoms with E-state index in [2.05, 4.69) is 10.6 Å². The summed E-state index contributed by atoms with van der Waals surface area (Å²) in [4.78, 5) is 11.9. The highest BCUT2D eigenvalue weighted by molar-refractivity contribution is 5.95. The molecule has 1 aliphatic rings. The van der Waals surface area contributed by atoms with Crippen LogP contribution in [0.5, 0.6) is 0 Å². The molecule has 1 amide bonds. The average Bonchev–Trinajstić information content (AvgIpc) is 2.27. The summed E-state index contributed by atoms with van der Waals surface area (Å²) < 4.78 is 39.8. The second-order valence-corrected chi connectivity index (χ2v) is 5.01. The lowest BCUT2D eigenvalue weighted by atomic mass is 9.90. The summed E-state index contributed by atoms with van der Waals surface area (Å²) in [5.74, 6) is -4.26. The largest absolute Gasteiger partial charge is 0.347 e. The number of halogens is 3. The Morgan fingerprint density at radius 3 is 2.26 bits per heavy atom. The Morgan fingerprint density at radius 1 is 1.21 bits per heavy atom. The van der Waals surface area contributed by atoms with E-state index >= 15 is 0 Å². The molecule has 0 radical (unpaired) electrons. The van der Waals surface area contributed by atoms with Crippen molar-refractivity contribution in [1.82, 2.24) is 10.6 Å². The maximum Gasteiger partial charge on any atom is 0.257 e. The zero-order valence-electron chi connectivity index (χ0n) is 10.5. The van der Waals surface area contributed by atoms with Crippen LogP contribution in [0.2, 0.25) is 0 Å². The summed E-state index contributed by atoms with van der Waals surface area (Å²) in [5.41, 5.74) is -1.24. The molecule has 3 nitrogen and oxygen atoms in total. The number of carbonyl (C=O) groups is 1. The van der Waals surface area contributed by atoms with Crippen LogP contribution in [0, 0.1) is 17.5 Å². The first kappa shape index (κ1) is 13.9. The summed E-state index contributed by atoms with van der Waals surface area (Å²) in [6, 6.07) is 1.01. The van der Waals surface area contributed by atoms with Crippen molar-refractivity contribution in [2.75, 3.05) is 13.1 Å². The molecule has 1 saturated heterocycles. The number of nitrogens with one attached hydrogen (secondary N) is 2. The molecule has 0 unspecified atom stereocenters. The number of hydrogen-bond acceptors (Lipinski definition) is 2. The minimum Gasteiger partial charge on any atom is -0.347 e. The fraction of sp³-hybridized carbons (Fsp3) is 0.462. The van der Waals surface area contributed by atoms with E-state index < -0.39 is 34.5 Å². The maximum atomic E-state index is 13.5. The number of amides is 1. The van der Waals surface area contributed by atoms with Gasteiger partial charge in [-0.3, -0.25) is 4.79 Å². The molecule has 0 spiro atoms. The Balaban J connectivity index is 2.20. The molecule has 0 saturated carbocycles. The molecule has 1 aliphatic heterocycles. The number of rotatable bonds is 2. The molecule has 1 aromatic rings. The lowest BCUT2D eigenvalue weighted by Gasteiger charge is -2.35. The third-order valence-electron chi connectivity index (χ3n) is 3.36. The van der Waals surface area contributed by atoms with Gasteiger partial charge in [0.2, 0.25) is 0 Å². The van der Waals surface area contributed by atoms with Gasteiger partial charge in [0.25, 0.3) is 5.91 Å². The monoisotopic (exact) mass is 272 g/mol. The van der Waals surface area contributed by atoms with Gasteiger partial charge in [-0.15, -0.1) is 0 Å². The van der Waals surface area contributed by atoms with Gasteiger partial charge in [0.05, 0.1) is 0 Å². The second-order valence-electron chi connectivity index (χ2n) is 5.01. The van der Waals surface area contributed by atoms with Crippen molar-refractivity contribution >= 4 is 5.91 Å². The van der Waals surface area contributed by atoms with Gasteiger partial charge in [0.1, 0.15) is 23.0 Å². The van der Waals surface area contributed by atoms with Gasteiger partial charge in [-0.1, -0.05) is 0 Å². The molecule has 0 aliphatic carbocycles. The van der Waals surface area contributed by atoms with Crippen molar-refractivity contribution in [2.45, 2.75) is 25.3 Å². The first-order chi connectivity index (χ1) is 8.91. The van der Waals surface area contributed by atoms with Crippen molar-refractivity contribution in [2.24, 2.45) is 0 Å². The molecule has 19 heavy (non-hydrogen) atoms. The van der Waals surface area contributed by atoms with Crippen LogP contribution in [0.1, 0.15) is 30.1 Å². The molecule has 6 heteroatoms. The van der Waals surface area contributed by atoms with Gasteiger partial charge in [0.15, 0.2) is 0 Å². The van der Waals surface area contributed by atoms with E-state index in [0.717, 1.165) is 13.1 Å². The Bertz CT molecular complexity index is 476. The summed E-state index contributed by atoms with van der Waals surface area (Å²) in [6.45, 7) is 3.28.